The molecule has 0 spiro atoms. The van der Waals surface area contributed by atoms with Crippen molar-refractivity contribution in [2.75, 3.05) is 13.1 Å². The van der Waals surface area contributed by atoms with E-state index in [1.165, 1.54) is 30.3 Å². The molecule has 1 aliphatic heterocycles. The smallest absolute Gasteiger partial charge is 0.212 e. The van der Waals surface area contributed by atoms with Crippen LogP contribution >= 0.6 is 11.3 Å². The zero-order chi connectivity index (χ0) is 18.4. The van der Waals surface area contributed by atoms with Crippen molar-refractivity contribution in [2.45, 2.75) is 39.2 Å². The highest BCUT2D eigenvalue weighted by molar-refractivity contribution is 7.20. The number of aryl methyl sites for hydroxylation is 1. The van der Waals surface area contributed by atoms with E-state index in [1.54, 1.807) is 17.7 Å². The lowest BCUT2D eigenvalue weighted by molar-refractivity contribution is 0.272. The third-order valence-corrected chi connectivity index (χ3v) is 6.89. The molecule has 0 amide bonds. The topological polar surface area (TPSA) is 46.3 Å². The van der Waals surface area contributed by atoms with Gasteiger partial charge < -0.3 is 4.90 Å². The van der Waals surface area contributed by atoms with E-state index in [0.29, 0.717) is 0 Å². The second kappa shape index (κ2) is 6.69. The first-order chi connectivity index (χ1) is 13.2. The van der Waals surface area contributed by atoms with E-state index >= 15 is 0 Å². The molecule has 1 saturated heterocycles. The molecule has 5 nitrogen and oxygen atoms in total. The average Bonchev–Trinajstić information content (AvgIpc) is 3.38. The minimum atomic E-state index is 0.735. The van der Waals surface area contributed by atoms with E-state index < -0.39 is 0 Å². The molecule has 3 aromatic heterocycles. The number of rotatable bonds is 4. The molecule has 0 radical (unpaired) electrons. The monoisotopic (exact) mass is 377 g/mol. The summed E-state index contributed by atoms with van der Waals surface area (Å²) >= 11 is 1.64. The van der Waals surface area contributed by atoms with Crippen LogP contribution in [-0.2, 0) is 6.42 Å². The molecule has 1 aliphatic rings. The molecule has 1 atom stereocenters. The molecule has 4 aromatic rings. The van der Waals surface area contributed by atoms with Crippen molar-refractivity contribution in [1.82, 2.24) is 24.5 Å². The van der Waals surface area contributed by atoms with Gasteiger partial charge in [-0.25, -0.2) is 14.5 Å². The Balaban J connectivity index is 1.41. The standard InChI is InChI=1S/C21H23N5S/c1-14-4-3-10-25(14)11-9-16-5-7-18-17(12-16)6-8-19(24-18)20-15(2)26-21(27-20)22-13-23-26/h5-8,12-14H,3-4,9-11H2,1-2H3/t14-/m1/s1. The summed E-state index contributed by atoms with van der Waals surface area (Å²) in [6.07, 6.45) is 5.39. The summed E-state index contributed by atoms with van der Waals surface area (Å²) in [5.74, 6) is 0. The summed E-state index contributed by atoms with van der Waals surface area (Å²) < 4.78 is 1.88. The fourth-order valence-electron chi connectivity index (χ4n) is 4.08. The van der Waals surface area contributed by atoms with E-state index in [2.05, 4.69) is 59.2 Å². The van der Waals surface area contributed by atoms with Gasteiger partial charge in [0.05, 0.1) is 21.8 Å². The summed E-state index contributed by atoms with van der Waals surface area (Å²) in [6.45, 7) is 6.82. The molecule has 0 aliphatic carbocycles. The van der Waals surface area contributed by atoms with Crippen molar-refractivity contribution in [3.05, 3.63) is 47.9 Å². The van der Waals surface area contributed by atoms with Gasteiger partial charge in [-0.15, -0.1) is 0 Å². The van der Waals surface area contributed by atoms with Gasteiger partial charge in [0.2, 0.25) is 4.96 Å². The molecule has 1 fully saturated rings. The minimum Gasteiger partial charge on any atom is -0.300 e. The lowest BCUT2D eigenvalue weighted by atomic mass is 10.1. The van der Waals surface area contributed by atoms with Crippen LogP contribution in [-0.4, -0.2) is 43.6 Å². The van der Waals surface area contributed by atoms with Gasteiger partial charge in [0, 0.05) is 18.0 Å². The third kappa shape index (κ3) is 3.03. The van der Waals surface area contributed by atoms with Gasteiger partial charge in [-0.2, -0.15) is 5.10 Å². The second-order valence-corrected chi connectivity index (χ2v) is 8.45. The second-order valence-electron chi connectivity index (χ2n) is 7.47. The van der Waals surface area contributed by atoms with Crippen LogP contribution < -0.4 is 0 Å². The molecule has 1 aromatic carbocycles. The summed E-state index contributed by atoms with van der Waals surface area (Å²) in [4.78, 5) is 13.9. The van der Waals surface area contributed by atoms with Crippen molar-refractivity contribution in [1.29, 1.82) is 0 Å². The van der Waals surface area contributed by atoms with E-state index in [-0.39, 0.29) is 0 Å². The molecule has 27 heavy (non-hydrogen) atoms. The van der Waals surface area contributed by atoms with Crippen molar-refractivity contribution < 1.29 is 0 Å². The number of nitrogens with zero attached hydrogens (tertiary/aromatic N) is 5. The largest absolute Gasteiger partial charge is 0.300 e. The molecule has 5 rings (SSSR count). The van der Waals surface area contributed by atoms with E-state index in [9.17, 15) is 0 Å². The molecule has 138 valence electrons. The lowest BCUT2D eigenvalue weighted by Gasteiger charge is -2.20. The lowest BCUT2D eigenvalue weighted by Crippen LogP contribution is -2.28. The van der Waals surface area contributed by atoms with Gasteiger partial charge in [-0.3, -0.25) is 0 Å². The van der Waals surface area contributed by atoms with Crippen molar-refractivity contribution in [3.63, 3.8) is 0 Å². The highest BCUT2D eigenvalue weighted by atomic mass is 32.1. The third-order valence-electron chi connectivity index (χ3n) is 5.72. The van der Waals surface area contributed by atoms with Crippen LogP contribution in [0.25, 0.3) is 26.4 Å². The number of benzene rings is 1. The van der Waals surface area contributed by atoms with Crippen LogP contribution in [0, 0.1) is 6.92 Å². The van der Waals surface area contributed by atoms with Gasteiger partial charge in [-0.1, -0.05) is 23.5 Å². The maximum Gasteiger partial charge on any atom is 0.212 e. The van der Waals surface area contributed by atoms with Crippen LogP contribution in [0.2, 0.25) is 0 Å². The molecule has 0 unspecified atom stereocenters. The summed E-state index contributed by atoms with van der Waals surface area (Å²) in [5.41, 5.74) is 4.53. The maximum absolute atomic E-state index is 4.90. The first kappa shape index (κ1) is 16.8. The van der Waals surface area contributed by atoms with Crippen molar-refractivity contribution in [2.24, 2.45) is 0 Å². The van der Waals surface area contributed by atoms with Crippen LogP contribution in [0.4, 0.5) is 0 Å². The van der Waals surface area contributed by atoms with E-state index in [4.69, 9.17) is 4.98 Å². The van der Waals surface area contributed by atoms with E-state index in [1.807, 2.05) is 4.52 Å². The Bertz CT molecular complexity index is 1110. The normalized spacial score (nSPS) is 18.1. The summed E-state index contributed by atoms with van der Waals surface area (Å²) in [6, 6.07) is 11.7. The number of thiazole rings is 1. The average molecular weight is 378 g/mol. The molecule has 0 saturated carbocycles. The van der Waals surface area contributed by atoms with Crippen LogP contribution in [0.1, 0.15) is 31.0 Å². The fraction of sp³-hybridized carbons (Fsp3) is 0.381. The number of pyridine rings is 1. The maximum atomic E-state index is 4.90. The summed E-state index contributed by atoms with van der Waals surface area (Å²) in [7, 11) is 0. The molecule has 6 heteroatoms. The quantitative estimate of drug-likeness (QED) is 0.531. The van der Waals surface area contributed by atoms with Gasteiger partial charge in [0.1, 0.15) is 6.33 Å². The predicted molar refractivity (Wildman–Crippen MR) is 110 cm³/mol. The molecule has 4 heterocycles. The zero-order valence-corrected chi connectivity index (χ0v) is 16.5. The molecule has 0 bridgehead atoms. The van der Waals surface area contributed by atoms with Gasteiger partial charge in [0.25, 0.3) is 0 Å². The number of hydrogen-bond acceptors (Lipinski definition) is 5. The molecular formula is C21H23N5S. The SMILES string of the molecule is Cc1c(-c2ccc3cc(CCN4CCC[C@H]4C)ccc3n2)sc2ncnn12. The zero-order valence-electron chi connectivity index (χ0n) is 15.7. The van der Waals surface area contributed by atoms with Crippen LogP contribution in [0.3, 0.4) is 0 Å². The Hall–Kier alpha value is -2.31. The summed E-state index contributed by atoms with van der Waals surface area (Å²) in [5, 5.41) is 5.49. The van der Waals surface area contributed by atoms with Gasteiger partial charge in [0.15, 0.2) is 0 Å². The Labute approximate surface area is 162 Å². The number of likely N-dealkylation sites (tertiary alicyclic amines) is 1. The predicted octanol–water partition coefficient (Wildman–Crippen LogP) is 4.34. The highest BCUT2D eigenvalue weighted by Crippen LogP contribution is 2.31. The van der Waals surface area contributed by atoms with E-state index in [0.717, 1.165) is 45.7 Å². The Morgan fingerprint density at radius 1 is 1.22 bits per heavy atom. The Morgan fingerprint density at radius 3 is 2.96 bits per heavy atom. The van der Waals surface area contributed by atoms with Crippen LogP contribution in [0.15, 0.2) is 36.7 Å². The number of aromatic nitrogens is 4. The number of fused-ring (bicyclic) bond motifs is 2. The van der Waals surface area contributed by atoms with Gasteiger partial charge >= 0.3 is 0 Å². The highest BCUT2D eigenvalue weighted by Gasteiger charge is 2.19. The first-order valence-electron chi connectivity index (χ1n) is 9.62. The minimum absolute atomic E-state index is 0.735. The number of hydrogen-bond donors (Lipinski definition) is 0. The Kier molecular flexibility index (Phi) is 4.17. The van der Waals surface area contributed by atoms with Crippen molar-refractivity contribution in [3.8, 4) is 10.6 Å². The first-order valence-corrected chi connectivity index (χ1v) is 10.4. The van der Waals surface area contributed by atoms with Crippen LogP contribution in [0.5, 0.6) is 0 Å². The van der Waals surface area contributed by atoms with Gasteiger partial charge in [-0.05, 0) is 63.4 Å². The fourth-order valence-corrected chi connectivity index (χ4v) is 5.09. The Morgan fingerprint density at radius 2 is 2.15 bits per heavy atom. The van der Waals surface area contributed by atoms with Crippen molar-refractivity contribution >= 4 is 27.2 Å². The molecular weight excluding hydrogens is 354 g/mol. The molecule has 0 N–H and O–H groups in total.